The number of hydrogen-bond donors (Lipinski definition) is 5. The van der Waals surface area contributed by atoms with Crippen molar-refractivity contribution >= 4 is 35.5 Å². The minimum absolute atomic E-state index is 0.00341. The van der Waals surface area contributed by atoms with Crippen LogP contribution in [0.25, 0.3) is 11.1 Å². The number of nitrogens with zero attached hydrogens (tertiary/aromatic N) is 2. The molecular weight excluding hydrogens is 896 g/mol. The number of esters is 1. The van der Waals surface area contributed by atoms with E-state index < -0.39 is 89.4 Å². The summed E-state index contributed by atoms with van der Waals surface area (Å²) in [5.41, 5.74) is 3.42. The van der Waals surface area contributed by atoms with E-state index in [1.165, 1.54) is 18.2 Å². The number of aromatic nitrogens is 1. The molecule has 4 rings (SSSR count). The van der Waals surface area contributed by atoms with Gasteiger partial charge in [-0.15, -0.1) is 0 Å². The second kappa shape index (κ2) is 24.6. The standard InChI is InChI=1S/C45H55F5N6O11/c1-43(2,3)38(34-25-30(32-26-31(46)9-10-33(32)47)28-55(34)27-29-7-5-4-6-8-29)39(60)40(61)53-15-14-44(51,67-42(63)45(48,49)50)41(62)54-17-16-52-35(57)13-19-64-21-23-66-24-22-65-20-18-56-36(58)11-12-37(56)59/h4-12,25-26,28,38-39,60H,13-24,27,51H2,1-3H3,(H,52,57)(H,53,61)(H,54,62)/t38-,39+,44+/m1/s1. The second-order valence-electron chi connectivity index (χ2n) is 16.4. The van der Waals surface area contributed by atoms with Gasteiger partial charge in [0.2, 0.25) is 17.5 Å². The van der Waals surface area contributed by atoms with E-state index >= 15 is 0 Å². The number of nitrogens with one attached hydrogen (secondary N) is 3. The summed E-state index contributed by atoms with van der Waals surface area (Å²) in [6.45, 7) is 5.12. The number of imide groups is 1. The third-order valence-corrected chi connectivity index (χ3v) is 10.2. The summed E-state index contributed by atoms with van der Waals surface area (Å²) in [4.78, 5) is 74.9. The van der Waals surface area contributed by atoms with Crippen LogP contribution in [0.1, 0.15) is 50.8 Å². The van der Waals surface area contributed by atoms with Crippen molar-refractivity contribution in [3.63, 3.8) is 0 Å². The van der Waals surface area contributed by atoms with Crippen molar-refractivity contribution in [1.29, 1.82) is 0 Å². The van der Waals surface area contributed by atoms with Gasteiger partial charge in [0.15, 0.2) is 0 Å². The van der Waals surface area contributed by atoms with Crippen LogP contribution < -0.4 is 21.7 Å². The van der Waals surface area contributed by atoms with Crippen molar-refractivity contribution in [2.45, 2.75) is 64.1 Å². The van der Waals surface area contributed by atoms with Crippen molar-refractivity contribution in [3.05, 3.63) is 95.8 Å². The number of benzene rings is 2. The smallest absolute Gasteiger partial charge is 0.428 e. The van der Waals surface area contributed by atoms with Gasteiger partial charge in [-0.2, -0.15) is 13.2 Å². The van der Waals surface area contributed by atoms with Crippen molar-refractivity contribution in [3.8, 4) is 11.1 Å². The van der Waals surface area contributed by atoms with Gasteiger partial charge in [-0.05, 0) is 35.2 Å². The number of carbonyl (C=O) groups excluding carboxylic acids is 6. The first-order chi connectivity index (χ1) is 31.6. The lowest BCUT2D eigenvalue weighted by molar-refractivity contribution is -0.214. The normalized spacial score (nSPS) is 14.7. The van der Waals surface area contributed by atoms with Gasteiger partial charge in [0, 0.05) is 80.1 Å². The van der Waals surface area contributed by atoms with Gasteiger partial charge in [-0.1, -0.05) is 51.1 Å². The Morgan fingerprint density at radius 3 is 2.03 bits per heavy atom. The molecule has 1 aliphatic rings. The lowest BCUT2D eigenvalue weighted by Gasteiger charge is -2.35. The van der Waals surface area contributed by atoms with E-state index in [-0.39, 0.29) is 83.4 Å². The van der Waals surface area contributed by atoms with Crippen LogP contribution >= 0.6 is 0 Å². The molecule has 1 aromatic heterocycles. The van der Waals surface area contributed by atoms with E-state index in [0.29, 0.717) is 5.69 Å². The lowest BCUT2D eigenvalue weighted by atomic mass is 9.74. The molecule has 0 fully saturated rings. The van der Waals surface area contributed by atoms with E-state index in [4.69, 9.17) is 19.9 Å². The fraction of sp³-hybridized carbons (Fsp3) is 0.467. The Kier molecular flexibility index (Phi) is 19.7. The molecule has 0 saturated carbocycles. The predicted octanol–water partition coefficient (Wildman–Crippen LogP) is 2.84. The molecule has 0 radical (unpaired) electrons. The van der Waals surface area contributed by atoms with Gasteiger partial charge in [-0.25, -0.2) is 13.6 Å². The molecule has 0 bridgehead atoms. The first-order valence-electron chi connectivity index (χ1n) is 21.2. The first-order valence-corrected chi connectivity index (χ1v) is 21.2. The molecule has 2 aromatic carbocycles. The van der Waals surface area contributed by atoms with Gasteiger partial charge in [0.1, 0.15) is 17.7 Å². The van der Waals surface area contributed by atoms with Crippen LogP contribution in [0.3, 0.4) is 0 Å². The maximum atomic E-state index is 15.0. The van der Waals surface area contributed by atoms with Crippen LogP contribution in [-0.4, -0.2) is 134 Å². The third-order valence-electron chi connectivity index (χ3n) is 10.2. The fourth-order valence-electron chi connectivity index (χ4n) is 6.84. The molecule has 0 unspecified atom stereocenters. The summed E-state index contributed by atoms with van der Waals surface area (Å²) in [6.07, 6.45) is -4.49. The molecule has 1 aliphatic heterocycles. The Balaban J connectivity index is 1.28. The summed E-state index contributed by atoms with van der Waals surface area (Å²) >= 11 is 0. The Bertz CT molecular complexity index is 2200. The zero-order chi connectivity index (χ0) is 49.4. The fourth-order valence-corrected chi connectivity index (χ4v) is 6.84. The molecular formula is C45H55F5N6O11. The number of halogens is 5. The van der Waals surface area contributed by atoms with Crippen molar-refractivity contribution in [2.75, 3.05) is 65.8 Å². The number of hydrogen-bond acceptors (Lipinski definition) is 12. The quantitative estimate of drug-likeness (QED) is 0.0257. The highest BCUT2D eigenvalue weighted by molar-refractivity contribution is 6.12. The predicted molar refractivity (Wildman–Crippen MR) is 229 cm³/mol. The number of carbonyl (C=O) groups is 6. The number of ether oxygens (including phenoxy) is 4. The molecule has 0 spiro atoms. The Morgan fingerprint density at radius 2 is 1.40 bits per heavy atom. The summed E-state index contributed by atoms with van der Waals surface area (Å²) in [6, 6.07) is 13.5. The molecule has 5 amide bonds. The zero-order valence-electron chi connectivity index (χ0n) is 37.2. The third kappa shape index (κ3) is 16.3. The largest absolute Gasteiger partial charge is 0.491 e. The highest BCUT2D eigenvalue weighted by Crippen LogP contribution is 2.41. The van der Waals surface area contributed by atoms with Crippen LogP contribution in [0.5, 0.6) is 0 Å². The molecule has 22 heteroatoms. The molecule has 3 aromatic rings. The minimum Gasteiger partial charge on any atom is -0.428 e. The molecule has 67 heavy (non-hydrogen) atoms. The Labute approximate surface area is 383 Å². The van der Waals surface area contributed by atoms with Crippen LogP contribution in [0.15, 0.2) is 72.9 Å². The molecule has 6 N–H and O–H groups in total. The Morgan fingerprint density at radius 1 is 0.791 bits per heavy atom. The number of amides is 5. The molecule has 17 nitrogen and oxygen atoms in total. The van der Waals surface area contributed by atoms with Crippen molar-refractivity contribution < 1.29 is 74.8 Å². The van der Waals surface area contributed by atoms with Gasteiger partial charge >= 0.3 is 12.1 Å². The summed E-state index contributed by atoms with van der Waals surface area (Å²) in [5.74, 6) is -8.97. The average Bonchev–Trinajstić information content (AvgIpc) is 3.81. The van der Waals surface area contributed by atoms with Gasteiger partial charge < -0.3 is 44.6 Å². The first kappa shape index (κ1) is 53.5. The van der Waals surface area contributed by atoms with Gasteiger partial charge in [-0.3, -0.25) is 34.6 Å². The van der Waals surface area contributed by atoms with Crippen molar-refractivity contribution in [2.24, 2.45) is 11.1 Å². The highest BCUT2D eigenvalue weighted by Gasteiger charge is 2.48. The number of aliphatic hydroxyl groups is 1. The molecule has 2 heterocycles. The molecule has 0 aliphatic carbocycles. The van der Waals surface area contributed by atoms with Gasteiger partial charge in [0.25, 0.3) is 17.7 Å². The van der Waals surface area contributed by atoms with E-state index in [2.05, 4.69) is 20.7 Å². The van der Waals surface area contributed by atoms with Crippen LogP contribution in [0.4, 0.5) is 22.0 Å². The molecule has 366 valence electrons. The van der Waals surface area contributed by atoms with Crippen molar-refractivity contribution in [1.82, 2.24) is 25.4 Å². The van der Waals surface area contributed by atoms with E-state index in [0.717, 1.165) is 28.7 Å². The summed E-state index contributed by atoms with van der Waals surface area (Å²) < 4.78 is 91.3. The van der Waals surface area contributed by atoms with Crippen LogP contribution in [-0.2, 0) is 54.3 Å². The SMILES string of the molecule is CC(C)(C)[C@H](c1cc(-c2cc(F)ccc2F)cn1Cc1ccccc1)[C@H](O)C(=O)NCC[C@](N)(OC(=O)C(F)(F)F)C(=O)NCCNC(=O)CCOCCOCCOCCN1C(=O)C=CC1=O. The van der Waals surface area contributed by atoms with Crippen LogP contribution in [0.2, 0.25) is 0 Å². The molecule has 3 atom stereocenters. The summed E-state index contributed by atoms with van der Waals surface area (Å²) in [7, 11) is 0. The monoisotopic (exact) mass is 950 g/mol. The molecule has 0 saturated heterocycles. The lowest BCUT2D eigenvalue weighted by Crippen LogP contribution is -2.60. The number of nitrogens with two attached hydrogens (primary N) is 1. The van der Waals surface area contributed by atoms with Gasteiger partial charge in [0.05, 0.1) is 46.2 Å². The van der Waals surface area contributed by atoms with E-state index in [9.17, 15) is 55.8 Å². The maximum absolute atomic E-state index is 15.0. The number of alkyl halides is 3. The zero-order valence-corrected chi connectivity index (χ0v) is 37.2. The van der Waals surface area contributed by atoms with E-state index in [1.807, 2.05) is 12.1 Å². The van der Waals surface area contributed by atoms with E-state index in [1.54, 1.807) is 49.7 Å². The second-order valence-corrected chi connectivity index (χ2v) is 16.4. The minimum atomic E-state index is -5.55. The number of rotatable bonds is 26. The maximum Gasteiger partial charge on any atom is 0.491 e. The Hall–Kier alpha value is -6.07. The van der Waals surface area contributed by atoms with Crippen LogP contribution in [0, 0.1) is 17.0 Å². The number of aliphatic hydroxyl groups excluding tert-OH is 1. The topological polar surface area (TPSA) is 230 Å². The highest BCUT2D eigenvalue weighted by atomic mass is 19.4. The average molecular weight is 951 g/mol. The summed E-state index contributed by atoms with van der Waals surface area (Å²) in [5, 5.41) is 18.6.